The van der Waals surface area contributed by atoms with Gasteiger partial charge in [-0.1, -0.05) is 6.07 Å². The van der Waals surface area contributed by atoms with Gasteiger partial charge in [-0.05, 0) is 32.0 Å². The van der Waals surface area contributed by atoms with Gasteiger partial charge < -0.3 is 15.0 Å². The number of benzene rings is 1. The Balaban J connectivity index is 2.38. The lowest BCUT2D eigenvalue weighted by Gasteiger charge is -2.15. The molecule has 136 valence electrons. The van der Waals surface area contributed by atoms with Crippen molar-refractivity contribution in [2.75, 3.05) is 45.6 Å². The Morgan fingerprint density at radius 3 is 2.54 bits per heavy atom. The van der Waals surface area contributed by atoms with E-state index in [0.717, 1.165) is 19.6 Å². The number of quaternary nitrogens is 1. The number of rotatable bonds is 11. The van der Waals surface area contributed by atoms with E-state index in [1.54, 1.807) is 24.3 Å². The fourth-order valence-electron chi connectivity index (χ4n) is 2.22. The van der Waals surface area contributed by atoms with Crippen LogP contribution in [0.3, 0.4) is 0 Å². The number of ether oxygens (including phenoxy) is 1. The standard InChI is InChI=1S/C16H27N3O4S/c1-4-19(5-2)11-9-18-24(21,22)12-10-17-16(20)14-7-6-8-15(13-14)23-3/h6-8,13,18H,4-5,9-12H2,1-3H3,(H,17,20)/p+1. The lowest BCUT2D eigenvalue weighted by molar-refractivity contribution is -0.895. The molecule has 0 aliphatic heterocycles. The molecule has 0 saturated carbocycles. The normalized spacial score (nSPS) is 11.5. The van der Waals surface area contributed by atoms with Crippen LogP contribution in [0.25, 0.3) is 0 Å². The Morgan fingerprint density at radius 1 is 1.21 bits per heavy atom. The van der Waals surface area contributed by atoms with Crippen molar-refractivity contribution >= 4 is 15.9 Å². The SMILES string of the molecule is CC[NH+](CC)CCNS(=O)(=O)CCNC(=O)c1cccc(OC)c1. The maximum absolute atomic E-state index is 12.0. The second-order valence-electron chi connectivity index (χ2n) is 5.41. The van der Waals surface area contributed by atoms with Gasteiger partial charge in [-0.3, -0.25) is 4.79 Å². The fourth-order valence-corrected chi connectivity index (χ4v) is 3.15. The molecule has 8 heteroatoms. The van der Waals surface area contributed by atoms with Crippen molar-refractivity contribution in [2.24, 2.45) is 0 Å². The van der Waals surface area contributed by atoms with Crippen molar-refractivity contribution in [3.63, 3.8) is 0 Å². The Kier molecular flexibility index (Phi) is 8.73. The van der Waals surface area contributed by atoms with Crippen LogP contribution in [0.5, 0.6) is 5.75 Å². The Labute approximate surface area is 144 Å². The number of carbonyl (C=O) groups excluding carboxylic acids is 1. The number of nitrogens with one attached hydrogen (secondary N) is 3. The van der Waals surface area contributed by atoms with Crippen LogP contribution in [0.15, 0.2) is 24.3 Å². The number of sulfonamides is 1. The smallest absolute Gasteiger partial charge is 0.251 e. The van der Waals surface area contributed by atoms with Gasteiger partial charge in [0.05, 0.1) is 39.0 Å². The van der Waals surface area contributed by atoms with Crippen LogP contribution < -0.4 is 19.7 Å². The third-order valence-electron chi connectivity index (χ3n) is 3.79. The molecule has 0 radical (unpaired) electrons. The summed E-state index contributed by atoms with van der Waals surface area (Å²) in [5, 5.41) is 2.61. The van der Waals surface area contributed by atoms with E-state index >= 15 is 0 Å². The van der Waals surface area contributed by atoms with Crippen molar-refractivity contribution in [3.8, 4) is 5.75 Å². The summed E-state index contributed by atoms with van der Waals surface area (Å²) in [7, 11) is -1.86. The first-order valence-electron chi connectivity index (χ1n) is 8.15. The van der Waals surface area contributed by atoms with Crippen LogP contribution in [-0.4, -0.2) is 59.9 Å². The number of hydrogen-bond acceptors (Lipinski definition) is 4. The van der Waals surface area contributed by atoms with Crippen LogP contribution in [0.4, 0.5) is 0 Å². The summed E-state index contributed by atoms with van der Waals surface area (Å²) >= 11 is 0. The Bertz CT molecular complexity index is 616. The van der Waals surface area contributed by atoms with Crippen LogP contribution in [-0.2, 0) is 10.0 Å². The molecular formula is C16H28N3O4S+. The molecule has 1 amide bonds. The van der Waals surface area contributed by atoms with Gasteiger partial charge in [0.25, 0.3) is 5.91 Å². The van der Waals surface area contributed by atoms with Gasteiger partial charge in [0.15, 0.2) is 0 Å². The van der Waals surface area contributed by atoms with Crippen LogP contribution >= 0.6 is 0 Å². The highest BCUT2D eigenvalue weighted by Gasteiger charge is 2.13. The van der Waals surface area contributed by atoms with E-state index < -0.39 is 10.0 Å². The number of carbonyl (C=O) groups is 1. The number of methoxy groups -OCH3 is 1. The van der Waals surface area contributed by atoms with E-state index in [1.807, 2.05) is 0 Å². The lowest BCUT2D eigenvalue weighted by Crippen LogP contribution is -3.12. The molecular weight excluding hydrogens is 330 g/mol. The predicted molar refractivity (Wildman–Crippen MR) is 94.0 cm³/mol. The Morgan fingerprint density at radius 2 is 1.92 bits per heavy atom. The minimum Gasteiger partial charge on any atom is -0.497 e. The van der Waals surface area contributed by atoms with Gasteiger partial charge in [-0.25, -0.2) is 13.1 Å². The molecule has 1 rings (SSSR count). The number of hydrogen-bond donors (Lipinski definition) is 3. The van der Waals surface area contributed by atoms with Crippen LogP contribution in [0.2, 0.25) is 0 Å². The van der Waals surface area contributed by atoms with E-state index in [2.05, 4.69) is 23.9 Å². The summed E-state index contributed by atoms with van der Waals surface area (Å²) in [6, 6.07) is 6.71. The van der Waals surface area contributed by atoms with Crippen molar-refractivity contribution in [2.45, 2.75) is 13.8 Å². The van der Waals surface area contributed by atoms with Crippen molar-refractivity contribution in [1.29, 1.82) is 0 Å². The van der Waals surface area contributed by atoms with Crippen LogP contribution in [0.1, 0.15) is 24.2 Å². The molecule has 1 aromatic rings. The first kappa shape index (κ1) is 20.4. The maximum Gasteiger partial charge on any atom is 0.251 e. The number of likely N-dealkylation sites (N-methyl/N-ethyl adjacent to an activating group) is 1. The second kappa shape index (κ2) is 10.3. The van der Waals surface area contributed by atoms with Crippen LogP contribution in [0, 0.1) is 0 Å². The van der Waals surface area contributed by atoms with E-state index in [1.165, 1.54) is 12.0 Å². The molecule has 0 fully saturated rings. The zero-order valence-corrected chi connectivity index (χ0v) is 15.4. The first-order valence-corrected chi connectivity index (χ1v) is 9.80. The molecule has 3 N–H and O–H groups in total. The highest BCUT2D eigenvalue weighted by atomic mass is 32.2. The zero-order chi connectivity index (χ0) is 18.0. The van der Waals surface area contributed by atoms with E-state index in [4.69, 9.17) is 4.74 Å². The molecule has 7 nitrogen and oxygen atoms in total. The summed E-state index contributed by atoms with van der Waals surface area (Å²) in [5.41, 5.74) is 0.435. The zero-order valence-electron chi connectivity index (χ0n) is 14.6. The van der Waals surface area contributed by atoms with Gasteiger partial charge in [0, 0.05) is 12.1 Å². The topological polar surface area (TPSA) is 88.9 Å². The molecule has 0 spiro atoms. The van der Waals surface area contributed by atoms with E-state index in [0.29, 0.717) is 17.9 Å². The minimum atomic E-state index is -3.39. The maximum atomic E-state index is 12.0. The quantitative estimate of drug-likeness (QED) is 0.487. The molecule has 0 aliphatic rings. The molecule has 0 bridgehead atoms. The summed E-state index contributed by atoms with van der Waals surface area (Å²) in [5.74, 6) is 0.114. The molecule has 24 heavy (non-hydrogen) atoms. The molecule has 0 heterocycles. The van der Waals surface area contributed by atoms with E-state index in [9.17, 15) is 13.2 Å². The number of amides is 1. The lowest BCUT2D eigenvalue weighted by atomic mass is 10.2. The largest absolute Gasteiger partial charge is 0.497 e. The average molecular weight is 358 g/mol. The Hall–Kier alpha value is -1.64. The third-order valence-corrected chi connectivity index (χ3v) is 5.17. The molecule has 0 aliphatic carbocycles. The molecule has 0 saturated heterocycles. The minimum absolute atomic E-state index is 0.0590. The third kappa shape index (κ3) is 7.29. The van der Waals surface area contributed by atoms with Gasteiger partial charge in [-0.15, -0.1) is 0 Å². The molecule has 1 aromatic carbocycles. The van der Waals surface area contributed by atoms with Gasteiger partial charge >= 0.3 is 0 Å². The van der Waals surface area contributed by atoms with E-state index in [-0.39, 0.29) is 18.2 Å². The van der Waals surface area contributed by atoms with Crippen molar-refractivity contribution < 1.29 is 22.8 Å². The monoisotopic (exact) mass is 358 g/mol. The van der Waals surface area contributed by atoms with Gasteiger partial charge in [0.2, 0.25) is 10.0 Å². The second-order valence-corrected chi connectivity index (χ2v) is 7.33. The highest BCUT2D eigenvalue weighted by Crippen LogP contribution is 2.12. The molecule has 0 unspecified atom stereocenters. The predicted octanol–water partition coefficient (Wildman–Crippen LogP) is -0.731. The van der Waals surface area contributed by atoms with Gasteiger partial charge in [0.1, 0.15) is 5.75 Å². The highest BCUT2D eigenvalue weighted by molar-refractivity contribution is 7.89. The molecule has 0 atom stereocenters. The first-order chi connectivity index (χ1) is 11.4. The summed E-state index contributed by atoms with van der Waals surface area (Å²) < 4.78 is 31.5. The van der Waals surface area contributed by atoms with Gasteiger partial charge in [-0.2, -0.15) is 0 Å². The van der Waals surface area contributed by atoms with Crippen molar-refractivity contribution in [1.82, 2.24) is 10.0 Å². The average Bonchev–Trinajstić information content (AvgIpc) is 2.58. The van der Waals surface area contributed by atoms with Crippen molar-refractivity contribution in [3.05, 3.63) is 29.8 Å². The fraction of sp³-hybridized carbons (Fsp3) is 0.562. The summed E-state index contributed by atoms with van der Waals surface area (Å²) in [6.07, 6.45) is 0. The summed E-state index contributed by atoms with van der Waals surface area (Å²) in [6.45, 7) is 7.29. The summed E-state index contributed by atoms with van der Waals surface area (Å²) in [4.78, 5) is 13.3. The molecule has 0 aromatic heterocycles.